The third kappa shape index (κ3) is 3.86. The Balaban J connectivity index is 1.89. The van der Waals surface area contributed by atoms with Gasteiger partial charge < -0.3 is 5.32 Å². The molecule has 5 heteroatoms. The minimum atomic E-state index is -0.158. The monoisotopic (exact) mass is 494 g/mol. The van der Waals surface area contributed by atoms with Gasteiger partial charge in [0.15, 0.2) is 0 Å². The maximum atomic E-state index is 13.1. The fourth-order valence-electron chi connectivity index (χ4n) is 3.13. The van der Waals surface area contributed by atoms with Gasteiger partial charge in [0.05, 0.1) is 16.8 Å². The Morgan fingerprint density at radius 1 is 0.893 bits per heavy atom. The van der Waals surface area contributed by atoms with Gasteiger partial charge in [-0.2, -0.15) is 0 Å². The summed E-state index contributed by atoms with van der Waals surface area (Å²) in [6.07, 6.45) is 0. The molecule has 1 aromatic heterocycles. The van der Waals surface area contributed by atoms with Crippen molar-refractivity contribution in [3.8, 4) is 11.3 Å². The van der Waals surface area contributed by atoms with Crippen LogP contribution in [0.5, 0.6) is 0 Å². The highest BCUT2D eigenvalue weighted by Gasteiger charge is 2.16. The second kappa shape index (κ2) is 7.86. The number of hydrogen-bond acceptors (Lipinski definition) is 2. The van der Waals surface area contributed by atoms with Crippen LogP contribution < -0.4 is 5.32 Å². The Hall–Kier alpha value is -2.50. The molecule has 0 atom stereocenters. The van der Waals surface area contributed by atoms with Crippen LogP contribution in [0.1, 0.15) is 15.9 Å². The molecule has 4 aromatic rings. The van der Waals surface area contributed by atoms with Crippen molar-refractivity contribution in [2.45, 2.75) is 6.92 Å². The number of carbonyl (C=O) groups is 1. The van der Waals surface area contributed by atoms with E-state index in [2.05, 4.69) is 37.2 Å². The fraction of sp³-hybridized carbons (Fsp3) is 0.0435. The van der Waals surface area contributed by atoms with Gasteiger partial charge in [0, 0.05) is 25.6 Å². The number of rotatable bonds is 3. The lowest BCUT2D eigenvalue weighted by Gasteiger charge is -2.13. The first-order valence-corrected chi connectivity index (χ1v) is 10.3. The third-order valence-electron chi connectivity index (χ3n) is 4.49. The van der Waals surface area contributed by atoms with Crippen LogP contribution in [-0.2, 0) is 0 Å². The largest absolute Gasteiger partial charge is 0.322 e. The van der Waals surface area contributed by atoms with Crippen LogP contribution in [0.2, 0.25) is 0 Å². The van der Waals surface area contributed by atoms with E-state index in [-0.39, 0.29) is 5.91 Å². The van der Waals surface area contributed by atoms with Crippen LogP contribution >= 0.6 is 31.9 Å². The molecule has 0 radical (unpaired) electrons. The van der Waals surface area contributed by atoms with Crippen LogP contribution in [0.3, 0.4) is 0 Å². The summed E-state index contributed by atoms with van der Waals surface area (Å²) in [5.41, 5.74) is 4.91. The van der Waals surface area contributed by atoms with Crippen molar-refractivity contribution in [3.05, 3.63) is 92.9 Å². The van der Waals surface area contributed by atoms with Crippen LogP contribution in [-0.4, -0.2) is 10.9 Å². The molecule has 0 saturated heterocycles. The molecule has 0 aliphatic rings. The highest BCUT2D eigenvalue weighted by Crippen LogP contribution is 2.30. The third-order valence-corrected chi connectivity index (χ3v) is 5.47. The molecule has 28 heavy (non-hydrogen) atoms. The lowest BCUT2D eigenvalue weighted by atomic mass is 10.0. The van der Waals surface area contributed by atoms with Crippen LogP contribution in [0.25, 0.3) is 22.2 Å². The molecule has 3 nitrogen and oxygen atoms in total. The van der Waals surface area contributed by atoms with E-state index in [1.54, 1.807) is 0 Å². The molecule has 4 rings (SSSR count). The van der Waals surface area contributed by atoms with Gasteiger partial charge in [0.1, 0.15) is 0 Å². The number of fused-ring (bicyclic) bond motifs is 1. The lowest BCUT2D eigenvalue weighted by Crippen LogP contribution is -2.13. The highest BCUT2D eigenvalue weighted by atomic mass is 79.9. The summed E-state index contributed by atoms with van der Waals surface area (Å²) in [5, 5.41) is 3.81. The molecular formula is C23H16Br2N2O. The molecule has 138 valence electrons. The van der Waals surface area contributed by atoms with Crippen molar-refractivity contribution in [2.24, 2.45) is 0 Å². The number of benzene rings is 3. The maximum Gasteiger partial charge on any atom is 0.256 e. The predicted molar refractivity (Wildman–Crippen MR) is 122 cm³/mol. The van der Waals surface area contributed by atoms with Crippen LogP contribution in [0, 0.1) is 6.92 Å². The summed E-state index contributed by atoms with van der Waals surface area (Å²) in [7, 11) is 0. The molecule has 3 aromatic carbocycles. The lowest BCUT2D eigenvalue weighted by molar-refractivity contribution is 0.102. The topological polar surface area (TPSA) is 42.0 Å². The molecule has 0 bridgehead atoms. The van der Waals surface area contributed by atoms with Gasteiger partial charge in [-0.1, -0.05) is 62.2 Å². The molecule has 1 N–H and O–H groups in total. The summed E-state index contributed by atoms with van der Waals surface area (Å²) in [5.74, 6) is -0.158. The number of carbonyl (C=O) groups excluding carboxylic acids is 1. The van der Waals surface area contributed by atoms with Crippen LogP contribution in [0.15, 0.2) is 81.7 Å². The number of aryl methyl sites for hydroxylation is 1. The number of pyridine rings is 1. The zero-order valence-corrected chi connectivity index (χ0v) is 18.2. The number of hydrogen-bond donors (Lipinski definition) is 1. The van der Waals surface area contributed by atoms with E-state index >= 15 is 0 Å². The Bertz CT molecular complexity index is 1170. The summed E-state index contributed by atoms with van der Waals surface area (Å²) < 4.78 is 1.92. The van der Waals surface area contributed by atoms with Gasteiger partial charge in [-0.15, -0.1) is 0 Å². The second-order valence-corrected chi connectivity index (χ2v) is 8.33. The smallest absolute Gasteiger partial charge is 0.256 e. The average molecular weight is 496 g/mol. The molecule has 1 heterocycles. The Morgan fingerprint density at radius 3 is 2.32 bits per heavy atom. The van der Waals surface area contributed by atoms with Crippen molar-refractivity contribution >= 4 is 54.4 Å². The molecule has 0 saturated carbocycles. The van der Waals surface area contributed by atoms with E-state index in [1.807, 2.05) is 79.7 Å². The van der Waals surface area contributed by atoms with Crippen molar-refractivity contribution in [3.63, 3.8) is 0 Å². The Morgan fingerprint density at radius 2 is 1.61 bits per heavy atom. The quantitative estimate of drug-likeness (QED) is 0.333. The molecule has 0 spiro atoms. The molecule has 0 fully saturated rings. The summed E-state index contributed by atoms with van der Waals surface area (Å²) in [6, 6.07) is 23.2. The molecule has 1 amide bonds. The van der Waals surface area contributed by atoms with Crippen molar-refractivity contribution in [2.75, 3.05) is 5.32 Å². The number of amides is 1. The molecule has 0 aliphatic heterocycles. The Labute approximate surface area is 180 Å². The van der Waals surface area contributed by atoms with Crippen LogP contribution in [0.4, 0.5) is 5.69 Å². The number of halogens is 2. The van der Waals surface area contributed by atoms with Gasteiger partial charge in [0.25, 0.3) is 5.91 Å². The van der Waals surface area contributed by atoms with Gasteiger partial charge >= 0.3 is 0 Å². The number of nitrogens with zero attached hydrogens (tertiary/aromatic N) is 1. The van der Waals surface area contributed by atoms with Crippen molar-refractivity contribution in [1.82, 2.24) is 4.98 Å². The predicted octanol–water partition coefficient (Wildman–Crippen LogP) is 6.99. The van der Waals surface area contributed by atoms with E-state index in [0.717, 1.165) is 42.4 Å². The number of para-hydroxylation sites is 1. The summed E-state index contributed by atoms with van der Waals surface area (Å²) in [4.78, 5) is 18.0. The first-order valence-electron chi connectivity index (χ1n) is 8.74. The van der Waals surface area contributed by atoms with E-state index in [0.29, 0.717) is 5.56 Å². The standard InChI is InChI=1S/C23H16Br2N2O/c1-14-11-17(25)12-19-20(23(28)26-18-5-3-2-4-6-18)13-21(27-22(14)19)15-7-9-16(24)10-8-15/h2-13H,1H3,(H,26,28). The van der Waals surface area contributed by atoms with E-state index < -0.39 is 0 Å². The first-order chi connectivity index (χ1) is 13.5. The minimum Gasteiger partial charge on any atom is -0.322 e. The minimum absolute atomic E-state index is 0.158. The number of anilines is 1. The average Bonchev–Trinajstić information content (AvgIpc) is 2.68. The zero-order chi connectivity index (χ0) is 19.7. The van der Waals surface area contributed by atoms with E-state index in [9.17, 15) is 4.79 Å². The van der Waals surface area contributed by atoms with E-state index in [1.165, 1.54) is 0 Å². The van der Waals surface area contributed by atoms with Gasteiger partial charge in [-0.3, -0.25) is 4.79 Å². The number of aromatic nitrogens is 1. The first kappa shape index (κ1) is 18.8. The highest BCUT2D eigenvalue weighted by molar-refractivity contribution is 9.10. The SMILES string of the molecule is Cc1cc(Br)cc2c(C(=O)Nc3ccccc3)cc(-c3ccc(Br)cc3)nc12. The van der Waals surface area contributed by atoms with Crippen molar-refractivity contribution < 1.29 is 4.79 Å². The summed E-state index contributed by atoms with van der Waals surface area (Å²) >= 11 is 7.00. The fourth-order valence-corrected chi connectivity index (χ4v) is 3.97. The second-order valence-electron chi connectivity index (χ2n) is 6.50. The van der Waals surface area contributed by atoms with Gasteiger partial charge in [-0.05, 0) is 55.0 Å². The maximum absolute atomic E-state index is 13.1. The normalized spacial score (nSPS) is 10.8. The Kier molecular flexibility index (Phi) is 5.29. The molecular weight excluding hydrogens is 480 g/mol. The summed E-state index contributed by atoms with van der Waals surface area (Å²) in [6.45, 7) is 2.00. The zero-order valence-electron chi connectivity index (χ0n) is 15.0. The molecule has 0 aliphatic carbocycles. The molecule has 0 unspecified atom stereocenters. The van der Waals surface area contributed by atoms with Crippen molar-refractivity contribution in [1.29, 1.82) is 0 Å². The van der Waals surface area contributed by atoms with Gasteiger partial charge in [0.2, 0.25) is 0 Å². The van der Waals surface area contributed by atoms with E-state index in [4.69, 9.17) is 4.98 Å². The number of nitrogens with one attached hydrogen (secondary N) is 1. The van der Waals surface area contributed by atoms with Gasteiger partial charge in [-0.25, -0.2) is 4.98 Å².